The SMILES string of the molecule is O=C(O[C@H]1C[N+]2(CCc3ccc(F)cc3)CCC1CC2)C(c1ccccc1)N1CCCCC1.O=C([O-])C(F)(F)F. The lowest BCUT2D eigenvalue weighted by Crippen LogP contribution is -2.65. The quantitative estimate of drug-likeness (QED) is 0.289. The molecular formula is C30H36F4N2O4. The highest BCUT2D eigenvalue weighted by atomic mass is 19.4. The minimum Gasteiger partial charge on any atom is -0.542 e. The zero-order valence-corrected chi connectivity index (χ0v) is 22.5. The Balaban J connectivity index is 0.000000470. The van der Waals surface area contributed by atoms with Crippen molar-refractivity contribution in [3.63, 3.8) is 0 Å². The van der Waals surface area contributed by atoms with E-state index < -0.39 is 12.1 Å². The predicted molar refractivity (Wildman–Crippen MR) is 138 cm³/mol. The lowest BCUT2D eigenvalue weighted by molar-refractivity contribution is -0.946. The first kappa shape index (κ1) is 30.0. The van der Waals surface area contributed by atoms with E-state index in [1.54, 1.807) is 12.1 Å². The third-order valence-electron chi connectivity index (χ3n) is 8.42. The van der Waals surface area contributed by atoms with Gasteiger partial charge in [-0.1, -0.05) is 48.9 Å². The van der Waals surface area contributed by atoms with Gasteiger partial charge in [-0.2, -0.15) is 13.2 Å². The molecular weight excluding hydrogens is 528 g/mol. The van der Waals surface area contributed by atoms with Crippen LogP contribution in [0, 0.1) is 11.7 Å². The third kappa shape index (κ3) is 7.81. The van der Waals surface area contributed by atoms with Crippen LogP contribution in [0.25, 0.3) is 0 Å². The van der Waals surface area contributed by atoms with Crippen LogP contribution in [0.1, 0.15) is 49.3 Å². The zero-order chi connectivity index (χ0) is 28.8. The van der Waals surface area contributed by atoms with Gasteiger partial charge in [0.15, 0.2) is 6.10 Å². The van der Waals surface area contributed by atoms with Crippen LogP contribution in [0.2, 0.25) is 0 Å². The van der Waals surface area contributed by atoms with E-state index in [-0.39, 0.29) is 23.9 Å². The van der Waals surface area contributed by atoms with E-state index in [1.807, 2.05) is 30.3 Å². The Labute approximate surface area is 232 Å². The normalized spacial score (nSPS) is 25.4. The number of hydrogen-bond donors (Lipinski definition) is 0. The summed E-state index contributed by atoms with van der Waals surface area (Å²) in [6.45, 7) is 6.18. The molecule has 4 aliphatic rings. The van der Waals surface area contributed by atoms with Crippen molar-refractivity contribution in [2.75, 3.05) is 39.3 Å². The molecule has 4 aliphatic heterocycles. The van der Waals surface area contributed by atoms with Gasteiger partial charge in [0.05, 0.1) is 19.6 Å². The van der Waals surface area contributed by atoms with Crippen molar-refractivity contribution in [2.45, 2.75) is 56.8 Å². The fourth-order valence-electron chi connectivity index (χ4n) is 6.21. The van der Waals surface area contributed by atoms with Crippen LogP contribution < -0.4 is 5.11 Å². The maximum Gasteiger partial charge on any atom is 0.430 e. The zero-order valence-electron chi connectivity index (χ0n) is 22.5. The molecule has 218 valence electrons. The highest BCUT2D eigenvalue weighted by Crippen LogP contribution is 2.37. The van der Waals surface area contributed by atoms with Crippen LogP contribution in [0.15, 0.2) is 54.6 Å². The van der Waals surface area contributed by atoms with Crippen LogP contribution in [0.5, 0.6) is 0 Å². The number of fused-ring (bicyclic) bond motifs is 3. The number of rotatable bonds is 7. The van der Waals surface area contributed by atoms with Crippen molar-refractivity contribution < 1.29 is 41.5 Å². The molecule has 0 aromatic heterocycles. The minimum absolute atomic E-state index is 0.00391. The van der Waals surface area contributed by atoms with E-state index in [0.29, 0.717) is 5.92 Å². The van der Waals surface area contributed by atoms with Gasteiger partial charge in [0.2, 0.25) is 0 Å². The largest absolute Gasteiger partial charge is 0.542 e. The summed E-state index contributed by atoms with van der Waals surface area (Å²) in [5.74, 6) is -2.78. The summed E-state index contributed by atoms with van der Waals surface area (Å²) in [7, 11) is 0. The van der Waals surface area contributed by atoms with Gasteiger partial charge < -0.3 is 19.1 Å². The number of halogens is 4. The first-order valence-electron chi connectivity index (χ1n) is 13.9. The summed E-state index contributed by atoms with van der Waals surface area (Å²) >= 11 is 0. The van der Waals surface area contributed by atoms with Crippen molar-refractivity contribution in [1.29, 1.82) is 0 Å². The van der Waals surface area contributed by atoms with Gasteiger partial charge in [-0.05, 0) is 49.2 Å². The molecule has 6 nitrogen and oxygen atoms in total. The van der Waals surface area contributed by atoms with Crippen molar-refractivity contribution in [3.05, 3.63) is 71.5 Å². The van der Waals surface area contributed by atoms with Gasteiger partial charge in [-0.3, -0.25) is 4.90 Å². The molecule has 0 amide bonds. The molecule has 1 unspecified atom stereocenters. The first-order valence-corrected chi connectivity index (χ1v) is 13.9. The summed E-state index contributed by atoms with van der Waals surface area (Å²) < 4.78 is 52.2. The highest BCUT2D eigenvalue weighted by Gasteiger charge is 2.48. The fraction of sp³-hybridized carbons (Fsp3) is 0.533. The smallest absolute Gasteiger partial charge is 0.430 e. The number of carbonyl (C=O) groups is 2. The second-order valence-corrected chi connectivity index (χ2v) is 11.1. The topological polar surface area (TPSA) is 69.7 Å². The fourth-order valence-corrected chi connectivity index (χ4v) is 6.21. The van der Waals surface area contributed by atoms with Crippen LogP contribution in [0.3, 0.4) is 0 Å². The summed E-state index contributed by atoms with van der Waals surface area (Å²) in [5, 5.41) is 8.78. The number of piperidine rings is 4. The number of hydrogen-bond acceptors (Lipinski definition) is 5. The van der Waals surface area contributed by atoms with Gasteiger partial charge >= 0.3 is 12.1 Å². The number of benzene rings is 2. The molecule has 2 atom stereocenters. The van der Waals surface area contributed by atoms with Crippen LogP contribution in [0.4, 0.5) is 17.6 Å². The molecule has 0 saturated carbocycles. The van der Waals surface area contributed by atoms with Crippen molar-refractivity contribution in [1.82, 2.24) is 4.90 Å². The van der Waals surface area contributed by atoms with E-state index >= 15 is 0 Å². The number of esters is 1. The number of carbonyl (C=O) groups excluding carboxylic acids is 2. The van der Waals surface area contributed by atoms with Crippen LogP contribution in [-0.4, -0.2) is 72.9 Å². The van der Waals surface area contributed by atoms with Gasteiger partial charge in [-0.15, -0.1) is 0 Å². The summed E-state index contributed by atoms with van der Waals surface area (Å²) in [6, 6.07) is 16.8. The Morgan fingerprint density at radius 1 is 0.975 bits per heavy atom. The highest BCUT2D eigenvalue weighted by molar-refractivity contribution is 5.78. The summed E-state index contributed by atoms with van der Waals surface area (Å²) in [4.78, 5) is 24.7. The molecule has 2 aromatic rings. The number of ether oxygens (including phenoxy) is 1. The molecule has 4 heterocycles. The third-order valence-corrected chi connectivity index (χ3v) is 8.42. The number of carboxylic acids is 1. The van der Waals surface area contributed by atoms with Crippen molar-refractivity contribution >= 4 is 11.9 Å². The van der Waals surface area contributed by atoms with Gasteiger partial charge in [0.25, 0.3) is 0 Å². The molecule has 40 heavy (non-hydrogen) atoms. The van der Waals surface area contributed by atoms with Gasteiger partial charge in [0.1, 0.15) is 24.4 Å². The second-order valence-electron chi connectivity index (χ2n) is 11.1. The van der Waals surface area contributed by atoms with Gasteiger partial charge in [0, 0.05) is 25.2 Å². The van der Waals surface area contributed by atoms with Crippen molar-refractivity contribution in [2.24, 2.45) is 5.92 Å². The lowest BCUT2D eigenvalue weighted by atomic mass is 9.83. The Kier molecular flexibility index (Phi) is 9.84. The van der Waals surface area contributed by atoms with E-state index in [4.69, 9.17) is 14.6 Å². The average molecular weight is 565 g/mol. The summed E-state index contributed by atoms with van der Waals surface area (Å²) in [5.41, 5.74) is 2.23. The molecule has 0 spiro atoms. The number of aliphatic carboxylic acids is 1. The number of quaternary nitrogens is 1. The standard InChI is InChI=1S/C28H36FN2O2.C2HF3O2/c29-25-11-9-22(10-12-25)13-18-31-19-14-23(15-20-31)26(21-31)33-28(32)27(24-7-3-1-4-8-24)30-16-5-2-6-17-30;3-2(4,5)1(6)7/h1,3-4,7-12,23,26-27H,2,5-6,13-21H2;(H,6,7)/q+1;/p-1/t23?,26-,27?,31?;/m0./s1. The number of nitrogens with zero attached hydrogens (tertiary/aromatic N) is 2. The Bertz CT molecular complexity index is 1110. The Morgan fingerprint density at radius 2 is 1.57 bits per heavy atom. The molecule has 6 rings (SSSR count). The number of carboxylic acid groups (broad SMARTS) is 1. The number of alkyl halides is 3. The monoisotopic (exact) mass is 564 g/mol. The summed E-state index contributed by atoms with van der Waals surface area (Å²) in [6.07, 6.45) is 1.53. The molecule has 0 N–H and O–H groups in total. The Hall–Kier alpha value is -2.98. The van der Waals surface area contributed by atoms with E-state index in [2.05, 4.69) is 17.0 Å². The first-order chi connectivity index (χ1) is 19.1. The molecule has 10 heteroatoms. The average Bonchev–Trinajstić information content (AvgIpc) is 2.95. The number of likely N-dealkylation sites (tertiary alicyclic amines) is 1. The van der Waals surface area contributed by atoms with E-state index in [1.165, 1.54) is 12.0 Å². The molecule has 2 bridgehead atoms. The molecule has 4 saturated heterocycles. The van der Waals surface area contributed by atoms with Crippen molar-refractivity contribution in [3.8, 4) is 0 Å². The molecule has 2 aromatic carbocycles. The molecule has 4 fully saturated rings. The second kappa shape index (κ2) is 13.1. The maximum atomic E-state index is 13.6. The van der Waals surface area contributed by atoms with Crippen LogP contribution in [-0.2, 0) is 20.7 Å². The molecule has 0 radical (unpaired) electrons. The lowest BCUT2D eigenvalue weighted by Gasteiger charge is -2.52. The Morgan fingerprint density at radius 3 is 2.15 bits per heavy atom. The van der Waals surface area contributed by atoms with Crippen LogP contribution >= 0.6 is 0 Å². The minimum atomic E-state index is -5.19. The van der Waals surface area contributed by atoms with Gasteiger partial charge in [-0.25, -0.2) is 9.18 Å². The van der Waals surface area contributed by atoms with E-state index in [0.717, 1.165) is 81.4 Å². The maximum absolute atomic E-state index is 13.6. The molecule has 0 aliphatic carbocycles. The van der Waals surface area contributed by atoms with E-state index in [9.17, 15) is 22.4 Å². The predicted octanol–water partition coefficient (Wildman–Crippen LogP) is 4.05.